The van der Waals surface area contributed by atoms with Crippen LogP contribution in [0.3, 0.4) is 0 Å². The highest BCUT2D eigenvalue weighted by atomic mass is 16.5. The van der Waals surface area contributed by atoms with Crippen LogP contribution < -0.4 is 5.32 Å². The van der Waals surface area contributed by atoms with E-state index in [9.17, 15) is 4.79 Å². The fourth-order valence-corrected chi connectivity index (χ4v) is 1.07. The number of amides is 1. The van der Waals surface area contributed by atoms with Gasteiger partial charge in [0.1, 0.15) is 12.7 Å². The Bertz CT molecular complexity index is 382. The van der Waals surface area contributed by atoms with Crippen molar-refractivity contribution in [2.45, 2.75) is 6.92 Å². The topological polar surface area (TPSA) is 62.1 Å². The number of benzene rings is 1. The van der Waals surface area contributed by atoms with Crippen molar-refractivity contribution in [2.75, 3.05) is 18.5 Å². The van der Waals surface area contributed by atoms with Crippen LogP contribution in [0.2, 0.25) is 0 Å². The second kappa shape index (κ2) is 5.78. The first kappa shape index (κ1) is 11.2. The van der Waals surface area contributed by atoms with Crippen LogP contribution in [0.25, 0.3) is 0 Å². The lowest BCUT2D eigenvalue weighted by Gasteiger charge is -2.06. The van der Waals surface area contributed by atoms with Crippen LogP contribution in [-0.4, -0.2) is 19.1 Å². The number of nitrogens with one attached hydrogen (secondary N) is 1. The molecule has 0 aliphatic heterocycles. The zero-order chi connectivity index (χ0) is 11.1. The number of nitriles is 1. The maximum atomic E-state index is 11.3. The Kier molecular flexibility index (Phi) is 4.32. The van der Waals surface area contributed by atoms with Crippen molar-refractivity contribution in [1.82, 2.24) is 0 Å². The van der Waals surface area contributed by atoms with Gasteiger partial charge < -0.3 is 10.1 Å². The van der Waals surface area contributed by atoms with Gasteiger partial charge in [-0.05, 0) is 19.1 Å². The van der Waals surface area contributed by atoms with Crippen LogP contribution in [0, 0.1) is 11.3 Å². The van der Waals surface area contributed by atoms with Crippen molar-refractivity contribution in [1.29, 1.82) is 5.26 Å². The highest BCUT2D eigenvalue weighted by Crippen LogP contribution is 2.12. The SMILES string of the molecule is CCOCC(=O)Nc1ccccc1C#N. The van der Waals surface area contributed by atoms with E-state index in [2.05, 4.69) is 5.32 Å². The molecule has 0 aliphatic rings. The van der Waals surface area contributed by atoms with E-state index < -0.39 is 0 Å². The summed E-state index contributed by atoms with van der Waals surface area (Å²) in [5.41, 5.74) is 0.965. The molecule has 0 saturated heterocycles. The Hall–Kier alpha value is -1.86. The normalized spacial score (nSPS) is 9.33. The number of carbonyl (C=O) groups is 1. The van der Waals surface area contributed by atoms with Gasteiger partial charge in [-0.25, -0.2) is 0 Å². The molecule has 0 saturated carbocycles. The molecule has 1 aromatic rings. The molecule has 4 heteroatoms. The fraction of sp³-hybridized carbons (Fsp3) is 0.273. The van der Waals surface area contributed by atoms with Gasteiger partial charge >= 0.3 is 0 Å². The molecule has 0 heterocycles. The van der Waals surface area contributed by atoms with Gasteiger partial charge in [0.25, 0.3) is 0 Å². The lowest BCUT2D eigenvalue weighted by molar-refractivity contribution is -0.120. The van der Waals surface area contributed by atoms with E-state index in [0.717, 1.165) is 0 Å². The van der Waals surface area contributed by atoms with Gasteiger partial charge in [0, 0.05) is 6.61 Å². The van der Waals surface area contributed by atoms with E-state index in [1.165, 1.54) is 0 Å². The van der Waals surface area contributed by atoms with E-state index >= 15 is 0 Å². The third kappa shape index (κ3) is 3.41. The van der Waals surface area contributed by atoms with Gasteiger partial charge in [0.05, 0.1) is 11.3 Å². The molecular weight excluding hydrogens is 192 g/mol. The van der Waals surface area contributed by atoms with Gasteiger partial charge in [-0.2, -0.15) is 5.26 Å². The second-order valence-corrected chi connectivity index (χ2v) is 2.84. The molecule has 0 bridgehead atoms. The van der Waals surface area contributed by atoms with Crippen LogP contribution >= 0.6 is 0 Å². The lowest BCUT2D eigenvalue weighted by Crippen LogP contribution is -2.18. The van der Waals surface area contributed by atoms with E-state index in [4.69, 9.17) is 10.00 Å². The minimum Gasteiger partial charge on any atom is -0.372 e. The third-order valence-corrected chi connectivity index (χ3v) is 1.76. The molecule has 1 rings (SSSR count). The second-order valence-electron chi connectivity index (χ2n) is 2.84. The summed E-state index contributed by atoms with van der Waals surface area (Å²) < 4.78 is 4.95. The maximum absolute atomic E-state index is 11.3. The average molecular weight is 204 g/mol. The summed E-state index contributed by atoms with van der Waals surface area (Å²) in [6, 6.07) is 8.84. The molecule has 0 unspecified atom stereocenters. The monoisotopic (exact) mass is 204 g/mol. The Balaban J connectivity index is 2.64. The molecule has 15 heavy (non-hydrogen) atoms. The minimum atomic E-state index is -0.250. The van der Waals surface area contributed by atoms with Gasteiger partial charge in [0.15, 0.2) is 0 Å². The van der Waals surface area contributed by atoms with Gasteiger partial charge in [-0.15, -0.1) is 0 Å². The number of nitrogens with zero attached hydrogens (tertiary/aromatic N) is 1. The molecule has 0 radical (unpaired) electrons. The summed E-state index contributed by atoms with van der Waals surface area (Å²) in [5, 5.41) is 11.4. The van der Waals surface area contributed by atoms with Crippen LogP contribution in [0.5, 0.6) is 0 Å². The van der Waals surface area contributed by atoms with Crippen molar-refractivity contribution in [2.24, 2.45) is 0 Å². The first-order valence-corrected chi connectivity index (χ1v) is 4.64. The number of hydrogen-bond acceptors (Lipinski definition) is 3. The first-order valence-electron chi connectivity index (χ1n) is 4.64. The van der Waals surface area contributed by atoms with E-state index in [-0.39, 0.29) is 12.5 Å². The van der Waals surface area contributed by atoms with E-state index in [0.29, 0.717) is 17.9 Å². The number of ether oxygens (including phenoxy) is 1. The van der Waals surface area contributed by atoms with Gasteiger partial charge in [-0.1, -0.05) is 12.1 Å². The Morgan fingerprint density at radius 3 is 2.93 bits per heavy atom. The molecule has 78 valence electrons. The lowest BCUT2D eigenvalue weighted by atomic mass is 10.2. The number of anilines is 1. The Morgan fingerprint density at radius 2 is 2.27 bits per heavy atom. The average Bonchev–Trinajstić information content (AvgIpc) is 2.27. The zero-order valence-electron chi connectivity index (χ0n) is 8.49. The molecule has 4 nitrogen and oxygen atoms in total. The van der Waals surface area contributed by atoms with Gasteiger partial charge in [-0.3, -0.25) is 4.79 Å². The molecule has 1 aromatic carbocycles. The van der Waals surface area contributed by atoms with Crippen LogP contribution in [-0.2, 0) is 9.53 Å². The molecular formula is C11H12N2O2. The fourth-order valence-electron chi connectivity index (χ4n) is 1.07. The molecule has 0 aromatic heterocycles. The molecule has 0 fully saturated rings. The number of rotatable bonds is 4. The third-order valence-electron chi connectivity index (χ3n) is 1.76. The summed E-state index contributed by atoms with van der Waals surface area (Å²) in [6.45, 7) is 2.32. The summed E-state index contributed by atoms with van der Waals surface area (Å²) in [6.07, 6.45) is 0. The van der Waals surface area contributed by atoms with Crippen LogP contribution in [0.15, 0.2) is 24.3 Å². The summed E-state index contributed by atoms with van der Waals surface area (Å²) in [7, 11) is 0. The minimum absolute atomic E-state index is 0.0102. The Morgan fingerprint density at radius 1 is 1.53 bits per heavy atom. The standard InChI is InChI=1S/C11H12N2O2/c1-2-15-8-11(14)13-10-6-4-3-5-9(10)7-12/h3-6H,2,8H2,1H3,(H,13,14). The highest BCUT2D eigenvalue weighted by molar-refractivity contribution is 5.92. The quantitative estimate of drug-likeness (QED) is 0.809. The van der Waals surface area contributed by atoms with Crippen molar-refractivity contribution < 1.29 is 9.53 Å². The first-order chi connectivity index (χ1) is 7.27. The molecule has 0 atom stereocenters. The van der Waals surface area contributed by atoms with Gasteiger partial charge in [0.2, 0.25) is 5.91 Å². The maximum Gasteiger partial charge on any atom is 0.250 e. The zero-order valence-corrected chi connectivity index (χ0v) is 8.49. The van der Waals surface area contributed by atoms with Crippen molar-refractivity contribution in [3.05, 3.63) is 29.8 Å². The largest absolute Gasteiger partial charge is 0.372 e. The highest BCUT2D eigenvalue weighted by Gasteiger charge is 2.05. The van der Waals surface area contributed by atoms with E-state index in [1.54, 1.807) is 24.3 Å². The molecule has 1 amide bonds. The molecule has 0 aliphatic carbocycles. The Labute approximate surface area is 88.5 Å². The summed E-state index contributed by atoms with van der Waals surface area (Å²) in [4.78, 5) is 11.3. The summed E-state index contributed by atoms with van der Waals surface area (Å²) in [5.74, 6) is -0.250. The predicted molar refractivity (Wildman–Crippen MR) is 56.3 cm³/mol. The van der Waals surface area contributed by atoms with E-state index in [1.807, 2.05) is 13.0 Å². The molecule has 1 N–H and O–H groups in total. The van der Waals surface area contributed by atoms with Crippen molar-refractivity contribution in [3.63, 3.8) is 0 Å². The number of hydrogen-bond donors (Lipinski definition) is 1. The number of carbonyl (C=O) groups excluding carboxylic acids is 1. The molecule has 0 spiro atoms. The van der Waals surface area contributed by atoms with Crippen molar-refractivity contribution >= 4 is 11.6 Å². The van der Waals surface area contributed by atoms with Crippen molar-refractivity contribution in [3.8, 4) is 6.07 Å². The smallest absolute Gasteiger partial charge is 0.250 e. The van der Waals surface area contributed by atoms with Crippen LogP contribution in [0.4, 0.5) is 5.69 Å². The summed E-state index contributed by atoms with van der Waals surface area (Å²) >= 11 is 0. The van der Waals surface area contributed by atoms with Crippen LogP contribution in [0.1, 0.15) is 12.5 Å². The number of para-hydroxylation sites is 1. The predicted octanol–water partition coefficient (Wildman–Crippen LogP) is 1.53.